The average Bonchev–Trinajstić information content (AvgIpc) is 3.22. The predicted molar refractivity (Wildman–Crippen MR) is 91.4 cm³/mol. The number of hydrogen-bond donors (Lipinski definition) is 0. The quantitative estimate of drug-likeness (QED) is 0.724. The maximum atomic E-state index is 14.4. The van der Waals surface area contributed by atoms with Crippen LogP contribution in [0.3, 0.4) is 0 Å². The third-order valence-electron chi connectivity index (χ3n) is 4.98. The molecule has 0 bridgehead atoms. The molecule has 0 saturated carbocycles. The van der Waals surface area contributed by atoms with Gasteiger partial charge in [-0.1, -0.05) is 17.3 Å². The van der Waals surface area contributed by atoms with E-state index >= 15 is 0 Å². The van der Waals surface area contributed by atoms with E-state index in [1.165, 1.54) is 0 Å². The molecule has 0 atom stereocenters. The molecule has 26 heavy (non-hydrogen) atoms. The van der Waals surface area contributed by atoms with Gasteiger partial charge in [0.05, 0.1) is 23.8 Å². The summed E-state index contributed by atoms with van der Waals surface area (Å²) < 4.78 is 30.4. The van der Waals surface area contributed by atoms with Gasteiger partial charge in [0.15, 0.2) is 0 Å². The second-order valence-electron chi connectivity index (χ2n) is 6.64. The van der Waals surface area contributed by atoms with Crippen molar-refractivity contribution < 1.29 is 8.78 Å². The van der Waals surface area contributed by atoms with Crippen LogP contribution < -0.4 is 4.90 Å². The van der Waals surface area contributed by atoms with E-state index in [0.29, 0.717) is 17.2 Å². The van der Waals surface area contributed by atoms with Crippen molar-refractivity contribution in [3.8, 4) is 16.9 Å². The van der Waals surface area contributed by atoms with Crippen LogP contribution in [0.25, 0.3) is 16.9 Å². The van der Waals surface area contributed by atoms with Gasteiger partial charge in [-0.05, 0) is 25.0 Å². The highest BCUT2D eigenvalue weighted by atomic mass is 19.3. The van der Waals surface area contributed by atoms with Crippen LogP contribution in [0.5, 0.6) is 0 Å². The molecule has 3 heterocycles. The van der Waals surface area contributed by atoms with Gasteiger partial charge in [-0.25, -0.2) is 14.6 Å². The second-order valence-corrected chi connectivity index (χ2v) is 6.64. The normalized spacial score (nSPS) is 17.8. The second kappa shape index (κ2) is 5.55. The minimum absolute atomic E-state index is 0.115. The number of alkyl halides is 2. The highest BCUT2D eigenvalue weighted by Gasteiger charge is 2.43. The lowest BCUT2D eigenvalue weighted by atomic mass is 10.0. The van der Waals surface area contributed by atoms with Crippen molar-refractivity contribution in [3.05, 3.63) is 47.9 Å². The van der Waals surface area contributed by atoms with Crippen molar-refractivity contribution in [1.29, 1.82) is 0 Å². The summed E-state index contributed by atoms with van der Waals surface area (Å²) in [5.74, 6) is -2.49. The Kier molecular flexibility index (Phi) is 3.28. The van der Waals surface area contributed by atoms with Crippen LogP contribution >= 0.6 is 0 Å². The zero-order valence-electron chi connectivity index (χ0n) is 13.9. The lowest BCUT2D eigenvalue weighted by Crippen LogP contribution is -2.38. The van der Waals surface area contributed by atoms with Crippen LogP contribution in [-0.4, -0.2) is 38.1 Å². The molecule has 0 radical (unpaired) electrons. The van der Waals surface area contributed by atoms with Gasteiger partial charge in [0.25, 0.3) is 5.92 Å². The topological polar surface area (TPSA) is 59.7 Å². The molecule has 3 aromatic rings. The van der Waals surface area contributed by atoms with Crippen molar-refractivity contribution in [3.63, 3.8) is 0 Å². The molecular weight excluding hydrogens is 338 g/mol. The van der Waals surface area contributed by atoms with E-state index in [1.807, 2.05) is 29.2 Å². The monoisotopic (exact) mass is 354 g/mol. The third kappa shape index (κ3) is 2.36. The SMILES string of the molecule is FC1(F)CCc2c(-c3cccc(-n4ccnn4)c3)nc(N3CCC3)nc21. The van der Waals surface area contributed by atoms with Crippen LogP contribution in [0.4, 0.5) is 14.7 Å². The maximum absolute atomic E-state index is 14.4. The molecule has 1 aromatic carbocycles. The van der Waals surface area contributed by atoms with Gasteiger partial charge in [-0.3, -0.25) is 0 Å². The van der Waals surface area contributed by atoms with Crippen LogP contribution in [0.2, 0.25) is 0 Å². The van der Waals surface area contributed by atoms with Gasteiger partial charge in [-0.2, -0.15) is 8.78 Å². The summed E-state index contributed by atoms with van der Waals surface area (Å²) in [5, 5.41) is 7.81. The lowest BCUT2D eigenvalue weighted by Gasteiger charge is -2.31. The largest absolute Gasteiger partial charge is 0.341 e. The van der Waals surface area contributed by atoms with Gasteiger partial charge in [-0.15, -0.1) is 5.10 Å². The van der Waals surface area contributed by atoms with Crippen molar-refractivity contribution in [1.82, 2.24) is 25.0 Å². The zero-order valence-corrected chi connectivity index (χ0v) is 13.9. The molecule has 1 aliphatic carbocycles. The summed E-state index contributed by atoms with van der Waals surface area (Å²) in [6, 6.07) is 7.55. The predicted octanol–water partition coefficient (Wildman–Crippen LogP) is 2.97. The minimum Gasteiger partial charge on any atom is -0.341 e. The van der Waals surface area contributed by atoms with E-state index < -0.39 is 5.92 Å². The number of anilines is 1. The molecular formula is C18H16F2N6. The van der Waals surface area contributed by atoms with E-state index in [-0.39, 0.29) is 18.5 Å². The van der Waals surface area contributed by atoms with Crippen LogP contribution in [0.15, 0.2) is 36.7 Å². The molecule has 132 valence electrons. The Labute approximate surface area is 148 Å². The Morgan fingerprint density at radius 3 is 2.73 bits per heavy atom. The van der Waals surface area contributed by atoms with E-state index in [9.17, 15) is 8.78 Å². The molecule has 0 N–H and O–H groups in total. The van der Waals surface area contributed by atoms with Crippen LogP contribution in [0.1, 0.15) is 24.1 Å². The summed E-state index contributed by atoms with van der Waals surface area (Å²) in [4.78, 5) is 10.8. The van der Waals surface area contributed by atoms with Crippen LogP contribution in [0, 0.1) is 0 Å². The molecule has 6 nitrogen and oxygen atoms in total. The highest BCUT2D eigenvalue weighted by Crippen LogP contribution is 2.44. The number of fused-ring (bicyclic) bond motifs is 1. The smallest absolute Gasteiger partial charge is 0.290 e. The molecule has 0 spiro atoms. The Morgan fingerprint density at radius 2 is 2.00 bits per heavy atom. The third-order valence-corrected chi connectivity index (χ3v) is 4.98. The van der Waals surface area contributed by atoms with Crippen molar-refractivity contribution in [2.45, 2.75) is 25.2 Å². The lowest BCUT2D eigenvalue weighted by molar-refractivity contribution is -0.00593. The number of rotatable bonds is 3. The van der Waals surface area contributed by atoms with Crippen molar-refractivity contribution in [2.75, 3.05) is 18.0 Å². The van der Waals surface area contributed by atoms with E-state index in [2.05, 4.69) is 20.3 Å². The van der Waals surface area contributed by atoms with Gasteiger partial charge >= 0.3 is 0 Å². The van der Waals surface area contributed by atoms with E-state index in [0.717, 1.165) is 30.8 Å². The first-order valence-corrected chi connectivity index (χ1v) is 8.63. The first-order valence-electron chi connectivity index (χ1n) is 8.63. The fourth-order valence-corrected chi connectivity index (χ4v) is 3.45. The summed E-state index contributed by atoms with van der Waals surface area (Å²) in [6.07, 6.45) is 4.44. The molecule has 1 fully saturated rings. The fourth-order valence-electron chi connectivity index (χ4n) is 3.45. The maximum Gasteiger partial charge on any atom is 0.290 e. The summed E-state index contributed by atoms with van der Waals surface area (Å²) >= 11 is 0. The van der Waals surface area contributed by atoms with Crippen molar-refractivity contribution >= 4 is 5.95 Å². The first-order chi connectivity index (χ1) is 12.6. The number of halogens is 2. The Hall–Kier alpha value is -2.90. The van der Waals surface area contributed by atoms with E-state index in [4.69, 9.17) is 0 Å². The minimum atomic E-state index is -2.89. The number of aromatic nitrogens is 5. The standard InChI is InChI=1S/C18H16F2N6/c19-18(20)6-5-14-15(22-17(23-16(14)18)25-8-2-9-25)12-3-1-4-13(11-12)26-10-7-21-24-26/h1,3-4,7,10-11H,2,5-6,8-9H2. The molecule has 5 rings (SSSR count). The Bertz CT molecular complexity index is 966. The van der Waals surface area contributed by atoms with E-state index in [1.54, 1.807) is 17.1 Å². The highest BCUT2D eigenvalue weighted by molar-refractivity contribution is 5.69. The molecule has 2 aliphatic rings. The van der Waals surface area contributed by atoms with Gasteiger partial charge in [0.1, 0.15) is 5.69 Å². The van der Waals surface area contributed by atoms with Crippen LogP contribution in [-0.2, 0) is 12.3 Å². The number of hydrogen-bond acceptors (Lipinski definition) is 5. The fraction of sp³-hybridized carbons (Fsp3) is 0.333. The van der Waals surface area contributed by atoms with Gasteiger partial charge < -0.3 is 4.90 Å². The molecule has 1 saturated heterocycles. The molecule has 0 amide bonds. The van der Waals surface area contributed by atoms with Gasteiger partial charge in [0.2, 0.25) is 5.95 Å². The first kappa shape index (κ1) is 15.4. The number of nitrogens with zero attached hydrogens (tertiary/aromatic N) is 6. The molecule has 1 aliphatic heterocycles. The average molecular weight is 354 g/mol. The summed E-state index contributed by atoms with van der Waals surface area (Å²) in [7, 11) is 0. The molecule has 2 aromatic heterocycles. The van der Waals surface area contributed by atoms with Gasteiger partial charge in [0, 0.05) is 30.6 Å². The van der Waals surface area contributed by atoms with Crippen molar-refractivity contribution in [2.24, 2.45) is 0 Å². The Morgan fingerprint density at radius 1 is 1.12 bits per heavy atom. The Balaban J connectivity index is 1.67. The summed E-state index contributed by atoms with van der Waals surface area (Å²) in [6.45, 7) is 1.62. The summed E-state index contributed by atoms with van der Waals surface area (Å²) in [5.41, 5.74) is 2.63. The molecule has 0 unspecified atom stereocenters. The number of benzene rings is 1. The zero-order chi connectivity index (χ0) is 17.7. The molecule has 8 heteroatoms.